The van der Waals surface area contributed by atoms with Crippen molar-refractivity contribution in [3.63, 3.8) is 0 Å². The Morgan fingerprint density at radius 2 is 1.75 bits per heavy atom. The molecule has 0 bridgehead atoms. The fourth-order valence-corrected chi connectivity index (χ4v) is 3.25. The van der Waals surface area contributed by atoms with Crippen molar-refractivity contribution >= 4 is 21.9 Å². The van der Waals surface area contributed by atoms with Crippen LogP contribution in [0.4, 0.5) is 4.39 Å². The molecule has 7 nitrogen and oxygen atoms in total. The van der Waals surface area contributed by atoms with Crippen molar-refractivity contribution in [2.24, 2.45) is 0 Å². The summed E-state index contributed by atoms with van der Waals surface area (Å²) in [7, 11) is -3.94. The van der Waals surface area contributed by atoms with Crippen LogP contribution in [0.25, 0.3) is 0 Å². The molecule has 1 heterocycles. The number of carbonyl (C=O) groups excluding carboxylic acids is 2. The molecule has 132 valence electrons. The molecule has 1 fully saturated rings. The first-order chi connectivity index (χ1) is 11.4. The molecule has 24 heavy (non-hydrogen) atoms. The summed E-state index contributed by atoms with van der Waals surface area (Å²) in [6.45, 7) is 0.283. The number of ether oxygens (including phenoxy) is 1. The summed E-state index contributed by atoms with van der Waals surface area (Å²) < 4.78 is 43.5. The van der Waals surface area contributed by atoms with Crippen LogP contribution in [-0.2, 0) is 24.3 Å². The minimum atomic E-state index is -3.94. The Kier molecular flexibility index (Phi) is 6.27. The Balaban J connectivity index is 1.78. The molecule has 1 amide bonds. The zero-order valence-electron chi connectivity index (χ0n) is 13.0. The molecule has 1 aromatic carbocycles. The van der Waals surface area contributed by atoms with Crippen molar-refractivity contribution in [2.75, 3.05) is 26.2 Å². The molecule has 0 unspecified atom stereocenters. The van der Waals surface area contributed by atoms with E-state index in [1.54, 1.807) is 4.90 Å². The second-order valence-electron chi connectivity index (χ2n) is 5.38. The molecule has 0 aromatic heterocycles. The number of amides is 1. The number of hydrogen-bond donors (Lipinski definition) is 1. The first-order valence-electron chi connectivity index (χ1n) is 7.57. The van der Waals surface area contributed by atoms with Crippen LogP contribution < -0.4 is 4.72 Å². The molecule has 9 heteroatoms. The van der Waals surface area contributed by atoms with Crippen molar-refractivity contribution in [3.8, 4) is 0 Å². The highest BCUT2D eigenvalue weighted by atomic mass is 32.2. The molecule has 0 saturated carbocycles. The third-order valence-corrected chi connectivity index (χ3v) is 5.01. The van der Waals surface area contributed by atoms with Crippen LogP contribution in [0.15, 0.2) is 29.2 Å². The molecule has 0 atom stereocenters. The standard InChI is InChI=1S/C15H19FN2O5S/c16-12-4-6-13(7-5-12)24(21,22)17-10-15(20)23-11-14(19)18-8-2-1-3-9-18/h4-7,17H,1-3,8-11H2. The Morgan fingerprint density at radius 3 is 2.38 bits per heavy atom. The van der Waals surface area contributed by atoms with Crippen LogP contribution in [-0.4, -0.2) is 51.4 Å². The highest BCUT2D eigenvalue weighted by Gasteiger charge is 2.19. The minimum absolute atomic E-state index is 0.166. The van der Waals surface area contributed by atoms with Gasteiger partial charge in [-0.15, -0.1) is 0 Å². The van der Waals surface area contributed by atoms with Crippen LogP contribution >= 0.6 is 0 Å². The lowest BCUT2D eigenvalue weighted by atomic mass is 10.1. The summed E-state index contributed by atoms with van der Waals surface area (Å²) >= 11 is 0. The van der Waals surface area contributed by atoms with Gasteiger partial charge in [-0.1, -0.05) is 0 Å². The normalized spacial score (nSPS) is 15.1. The summed E-state index contributed by atoms with van der Waals surface area (Å²) in [6.07, 6.45) is 2.93. The Labute approximate surface area is 139 Å². The van der Waals surface area contributed by atoms with E-state index in [-0.39, 0.29) is 10.8 Å². The van der Waals surface area contributed by atoms with E-state index in [2.05, 4.69) is 0 Å². The average Bonchev–Trinajstić information content (AvgIpc) is 2.59. The lowest BCUT2D eigenvalue weighted by Crippen LogP contribution is -2.39. The van der Waals surface area contributed by atoms with E-state index < -0.39 is 35.0 Å². The van der Waals surface area contributed by atoms with Gasteiger partial charge in [0.1, 0.15) is 12.4 Å². The van der Waals surface area contributed by atoms with Crippen molar-refractivity contribution in [3.05, 3.63) is 30.1 Å². The van der Waals surface area contributed by atoms with Gasteiger partial charge < -0.3 is 9.64 Å². The SMILES string of the molecule is O=C(CNS(=O)(=O)c1ccc(F)cc1)OCC(=O)N1CCCCC1. The summed E-state index contributed by atoms with van der Waals surface area (Å²) in [5.41, 5.74) is 0. The number of nitrogens with one attached hydrogen (secondary N) is 1. The van der Waals surface area contributed by atoms with Crippen molar-refractivity contribution in [1.82, 2.24) is 9.62 Å². The number of sulfonamides is 1. The molecule has 0 radical (unpaired) electrons. The predicted octanol–water partition coefficient (Wildman–Crippen LogP) is 0.660. The van der Waals surface area contributed by atoms with Gasteiger partial charge in [0, 0.05) is 13.1 Å². The third kappa shape index (κ3) is 5.27. The smallest absolute Gasteiger partial charge is 0.321 e. The van der Waals surface area contributed by atoms with E-state index >= 15 is 0 Å². The summed E-state index contributed by atoms with van der Waals surface area (Å²) in [6, 6.07) is 4.18. The number of nitrogens with zero attached hydrogens (tertiary/aromatic N) is 1. The zero-order valence-corrected chi connectivity index (χ0v) is 13.9. The molecule has 1 aliphatic heterocycles. The molecule has 0 aliphatic carbocycles. The Morgan fingerprint density at radius 1 is 1.12 bits per heavy atom. The maximum atomic E-state index is 12.8. The lowest BCUT2D eigenvalue weighted by Gasteiger charge is -2.26. The van der Waals surface area contributed by atoms with Crippen molar-refractivity contribution in [1.29, 1.82) is 0 Å². The van der Waals surface area contributed by atoms with Gasteiger partial charge in [-0.25, -0.2) is 12.8 Å². The van der Waals surface area contributed by atoms with Gasteiger partial charge in [-0.2, -0.15) is 4.72 Å². The first-order valence-corrected chi connectivity index (χ1v) is 9.05. The number of piperidine rings is 1. The maximum Gasteiger partial charge on any atom is 0.321 e. The molecular formula is C15H19FN2O5S. The van der Waals surface area contributed by atoms with Gasteiger partial charge in [0.05, 0.1) is 4.90 Å². The Bertz CT molecular complexity index is 684. The average molecular weight is 358 g/mol. The third-order valence-electron chi connectivity index (χ3n) is 3.60. The molecule has 1 N–H and O–H groups in total. The van der Waals surface area contributed by atoms with Crippen molar-refractivity contribution in [2.45, 2.75) is 24.2 Å². The van der Waals surface area contributed by atoms with E-state index in [0.717, 1.165) is 43.5 Å². The number of likely N-dealkylation sites (tertiary alicyclic amines) is 1. The topological polar surface area (TPSA) is 92.8 Å². The van der Waals surface area contributed by atoms with Crippen LogP contribution in [0.3, 0.4) is 0 Å². The van der Waals surface area contributed by atoms with Gasteiger partial charge in [-0.05, 0) is 43.5 Å². The first kappa shape index (κ1) is 18.3. The van der Waals surface area contributed by atoms with E-state index in [1.807, 2.05) is 4.72 Å². The van der Waals surface area contributed by atoms with Gasteiger partial charge in [-0.3, -0.25) is 9.59 Å². The van der Waals surface area contributed by atoms with Crippen LogP contribution in [0, 0.1) is 5.82 Å². The highest BCUT2D eigenvalue weighted by molar-refractivity contribution is 7.89. The maximum absolute atomic E-state index is 12.8. The fourth-order valence-electron chi connectivity index (χ4n) is 2.28. The number of carbonyl (C=O) groups is 2. The quantitative estimate of drug-likeness (QED) is 0.754. The minimum Gasteiger partial charge on any atom is -0.455 e. The predicted molar refractivity (Wildman–Crippen MR) is 83.0 cm³/mol. The van der Waals surface area contributed by atoms with Crippen LogP contribution in [0.2, 0.25) is 0 Å². The lowest BCUT2D eigenvalue weighted by molar-refractivity contribution is -0.151. The molecule has 1 aliphatic rings. The van der Waals surface area contributed by atoms with E-state index in [1.165, 1.54) is 0 Å². The molecule has 1 aromatic rings. The second kappa shape index (κ2) is 8.20. The largest absolute Gasteiger partial charge is 0.455 e. The van der Waals surface area contributed by atoms with E-state index in [4.69, 9.17) is 4.74 Å². The van der Waals surface area contributed by atoms with Gasteiger partial charge in [0.2, 0.25) is 10.0 Å². The van der Waals surface area contributed by atoms with E-state index in [0.29, 0.717) is 13.1 Å². The number of benzene rings is 1. The van der Waals surface area contributed by atoms with Crippen LogP contribution in [0.5, 0.6) is 0 Å². The van der Waals surface area contributed by atoms with Gasteiger partial charge >= 0.3 is 5.97 Å². The molecule has 2 rings (SSSR count). The zero-order chi connectivity index (χ0) is 17.6. The van der Waals surface area contributed by atoms with Gasteiger partial charge in [0.15, 0.2) is 6.61 Å². The Hall–Kier alpha value is -2.00. The number of halogens is 1. The monoisotopic (exact) mass is 358 g/mol. The van der Waals surface area contributed by atoms with Crippen LogP contribution in [0.1, 0.15) is 19.3 Å². The number of esters is 1. The number of rotatable bonds is 6. The molecule has 0 spiro atoms. The summed E-state index contributed by atoms with van der Waals surface area (Å²) in [5, 5.41) is 0. The molecular weight excluding hydrogens is 339 g/mol. The fraction of sp³-hybridized carbons (Fsp3) is 0.467. The summed E-state index contributed by atoms with van der Waals surface area (Å²) in [5.74, 6) is -1.71. The molecule has 1 saturated heterocycles. The van der Waals surface area contributed by atoms with Crippen molar-refractivity contribution < 1.29 is 27.1 Å². The van der Waals surface area contributed by atoms with E-state index in [9.17, 15) is 22.4 Å². The highest BCUT2D eigenvalue weighted by Crippen LogP contribution is 2.10. The second-order valence-corrected chi connectivity index (χ2v) is 7.15. The summed E-state index contributed by atoms with van der Waals surface area (Å²) in [4.78, 5) is 24.9. The number of hydrogen-bond acceptors (Lipinski definition) is 5. The van der Waals surface area contributed by atoms with Gasteiger partial charge in [0.25, 0.3) is 5.91 Å².